The maximum atomic E-state index is 6.72. The monoisotopic (exact) mass is 859 g/mol. The van der Waals surface area contributed by atoms with Gasteiger partial charge in [0.25, 0.3) is 0 Å². The van der Waals surface area contributed by atoms with Crippen LogP contribution in [0.4, 0.5) is 17.1 Å². The molecule has 3 nitrogen and oxygen atoms in total. The van der Waals surface area contributed by atoms with Gasteiger partial charge in [-0.25, -0.2) is 0 Å². The van der Waals surface area contributed by atoms with Crippen molar-refractivity contribution in [1.82, 2.24) is 0 Å². The van der Waals surface area contributed by atoms with Crippen LogP contribution in [0, 0.1) is 0 Å². The lowest BCUT2D eigenvalue weighted by molar-refractivity contribution is 0.436. The zero-order valence-corrected chi connectivity index (χ0v) is 36.4. The number of benzene rings is 10. The summed E-state index contributed by atoms with van der Waals surface area (Å²) in [5.74, 6) is 3.56. The Morgan fingerprint density at radius 3 is 1.32 bits per heavy atom. The highest BCUT2D eigenvalue weighted by molar-refractivity contribution is 7.25. The molecule has 3 heterocycles. The van der Waals surface area contributed by atoms with Crippen LogP contribution in [0.3, 0.4) is 0 Å². The second kappa shape index (κ2) is 13.2. The quantitative estimate of drug-likeness (QED) is 0.177. The smallest absolute Gasteiger partial charge is 0.132 e. The fraction of sp³-hybridized carbons (Fsp3) is 0.0323. The third-order valence-electron chi connectivity index (χ3n) is 14.8. The van der Waals surface area contributed by atoms with Crippen molar-refractivity contribution in [3.63, 3.8) is 0 Å². The summed E-state index contributed by atoms with van der Waals surface area (Å²) in [6, 6.07) is 82.5. The van der Waals surface area contributed by atoms with Gasteiger partial charge < -0.3 is 14.4 Å². The molecule has 308 valence electrons. The van der Waals surface area contributed by atoms with Gasteiger partial charge >= 0.3 is 0 Å². The standard InChI is InChI=1S/C62H37NO2S/c1-4-18-47-41(15-1)43-32-29-40(37-54(43)62(47)52-22-8-12-26-57(52)65-58-27-13-9-23-53(58)62)63(39-31-34-60-46(36-39)44-17-3-14-28-59(44)66-60)38-30-33-49-45(35-38)42-16-2-5-19-48(42)61(49)50-20-6-10-24-55(50)64-56-25-11-7-21-51(56)61/h1-37H. The van der Waals surface area contributed by atoms with Crippen molar-refractivity contribution >= 4 is 48.6 Å². The topological polar surface area (TPSA) is 21.7 Å². The molecule has 4 heteroatoms. The molecule has 0 N–H and O–H groups in total. The van der Waals surface area contributed by atoms with Crippen molar-refractivity contribution in [2.45, 2.75) is 10.8 Å². The Labute approximate surface area is 386 Å². The van der Waals surface area contributed by atoms with Crippen LogP contribution in [0.5, 0.6) is 23.0 Å². The van der Waals surface area contributed by atoms with Gasteiger partial charge in [-0.3, -0.25) is 0 Å². The minimum Gasteiger partial charge on any atom is -0.457 e. The summed E-state index contributed by atoms with van der Waals surface area (Å²) in [4.78, 5) is 2.49. The van der Waals surface area contributed by atoms with Gasteiger partial charge in [0.1, 0.15) is 23.0 Å². The van der Waals surface area contributed by atoms with Gasteiger partial charge in [-0.2, -0.15) is 0 Å². The summed E-state index contributed by atoms with van der Waals surface area (Å²) in [5.41, 5.74) is 16.8. The fourth-order valence-electron chi connectivity index (χ4n) is 12.3. The summed E-state index contributed by atoms with van der Waals surface area (Å²) in [6.07, 6.45) is 0. The van der Waals surface area contributed by atoms with E-state index in [1.807, 2.05) is 11.3 Å². The van der Waals surface area contributed by atoms with Gasteiger partial charge in [0.2, 0.25) is 0 Å². The molecule has 15 rings (SSSR count). The van der Waals surface area contributed by atoms with E-state index in [1.165, 1.54) is 64.7 Å². The normalized spacial score (nSPS) is 14.5. The molecule has 2 spiro atoms. The van der Waals surface area contributed by atoms with Crippen LogP contribution in [-0.4, -0.2) is 0 Å². The van der Waals surface area contributed by atoms with E-state index in [2.05, 4.69) is 229 Å². The van der Waals surface area contributed by atoms with Crippen molar-refractivity contribution in [3.05, 3.63) is 269 Å². The van der Waals surface area contributed by atoms with E-state index in [1.54, 1.807) is 0 Å². The molecule has 10 aromatic carbocycles. The third-order valence-corrected chi connectivity index (χ3v) is 15.9. The largest absolute Gasteiger partial charge is 0.457 e. The minimum absolute atomic E-state index is 0.551. The Morgan fingerprint density at radius 1 is 0.288 bits per heavy atom. The molecule has 2 aliphatic heterocycles. The summed E-state index contributed by atoms with van der Waals surface area (Å²) < 4.78 is 16.0. The van der Waals surface area contributed by atoms with Gasteiger partial charge in [-0.1, -0.05) is 152 Å². The molecule has 0 bridgehead atoms. The van der Waals surface area contributed by atoms with Crippen molar-refractivity contribution < 1.29 is 9.47 Å². The number of nitrogens with zero attached hydrogens (tertiary/aromatic N) is 1. The number of fused-ring (bicyclic) bond motifs is 21. The number of para-hydroxylation sites is 4. The van der Waals surface area contributed by atoms with Gasteiger partial charge in [0.05, 0.1) is 10.8 Å². The maximum Gasteiger partial charge on any atom is 0.132 e. The van der Waals surface area contributed by atoms with E-state index >= 15 is 0 Å². The van der Waals surface area contributed by atoms with E-state index in [0.717, 1.165) is 62.3 Å². The summed E-state index contributed by atoms with van der Waals surface area (Å²) in [7, 11) is 0. The van der Waals surface area contributed by atoms with E-state index in [4.69, 9.17) is 9.47 Å². The molecular weight excluding hydrogens is 823 g/mol. The first kappa shape index (κ1) is 36.2. The third kappa shape index (κ3) is 4.56. The van der Waals surface area contributed by atoms with Gasteiger partial charge in [0.15, 0.2) is 0 Å². The number of hydrogen-bond acceptors (Lipinski definition) is 4. The Morgan fingerprint density at radius 2 is 0.697 bits per heavy atom. The SMILES string of the molecule is c1ccc2c(c1)Oc1ccccc1C21c2ccccc2-c2cc(N(c3ccc4c(c3)C3(c5ccccc5Oc5ccccc53)c3ccccc3-4)c3ccc4sc5ccccc5c4c3)ccc21. The van der Waals surface area contributed by atoms with Crippen molar-refractivity contribution in [3.8, 4) is 45.3 Å². The molecule has 0 atom stereocenters. The molecule has 0 amide bonds. The van der Waals surface area contributed by atoms with Crippen molar-refractivity contribution in [1.29, 1.82) is 0 Å². The molecule has 0 fully saturated rings. The van der Waals surface area contributed by atoms with Gasteiger partial charge in [-0.05, 0) is 117 Å². The highest BCUT2D eigenvalue weighted by atomic mass is 32.1. The molecule has 4 aliphatic rings. The molecule has 0 radical (unpaired) electrons. The second-order valence-electron chi connectivity index (χ2n) is 17.9. The predicted octanol–water partition coefficient (Wildman–Crippen LogP) is 16.5. The lowest BCUT2D eigenvalue weighted by atomic mass is 9.66. The first-order valence-corrected chi connectivity index (χ1v) is 23.5. The highest BCUT2D eigenvalue weighted by Gasteiger charge is 2.53. The Bertz CT molecular complexity index is 3790. The maximum absolute atomic E-state index is 6.72. The minimum atomic E-state index is -0.598. The first-order valence-electron chi connectivity index (χ1n) is 22.7. The second-order valence-corrected chi connectivity index (χ2v) is 18.9. The van der Waals surface area contributed by atoms with Crippen LogP contribution in [0.15, 0.2) is 224 Å². The molecule has 11 aromatic rings. The molecule has 2 aliphatic carbocycles. The molecule has 0 saturated carbocycles. The number of hydrogen-bond donors (Lipinski definition) is 0. The molecule has 66 heavy (non-hydrogen) atoms. The predicted molar refractivity (Wildman–Crippen MR) is 269 cm³/mol. The molecule has 0 unspecified atom stereocenters. The van der Waals surface area contributed by atoms with Crippen LogP contribution in [0.25, 0.3) is 42.4 Å². The first-order chi connectivity index (χ1) is 32.7. The zero-order chi connectivity index (χ0) is 43.1. The molecule has 0 saturated heterocycles. The van der Waals surface area contributed by atoms with E-state index in [-0.39, 0.29) is 0 Å². The van der Waals surface area contributed by atoms with Crippen LogP contribution >= 0.6 is 11.3 Å². The van der Waals surface area contributed by atoms with E-state index in [9.17, 15) is 0 Å². The number of thiophene rings is 1. The van der Waals surface area contributed by atoms with Crippen molar-refractivity contribution in [2.24, 2.45) is 0 Å². The van der Waals surface area contributed by atoms with Crippen LogP contribution in [0.1, 0.15) is 44.5 Å². The number of anilines is 3. The summed E-state index contributed by atoms with van der Waals surface area (Å²) in [6.45, 7) is 0. The van der Waals surface area contributed by atoms with E-state index in [0.29, 0.717) is 0 Å². The highest BCUT2D eigenvalue weighted by Crippen LogP contribution is 2.65. The van der Waals surface area contributed by atoms with Crippen LogP contribution < -0.4 is 14.4 Å². The zero-order valence-electron chi connectivity index (χ0n) is 35.5. The fourth-order valence-corrected chi connectivity index (χ4v) is 13.4. The van der Waals surface area contributed by atoms with E-state index < -0.39 is 10.8 Å². The number of ether oxygens (including phenoxy) is 2. The van der Waals surface area contributed by atoms with Crippen molar-refractivity contribution in [2.75, 3.05) is 4.90 Å². The molecular formula is C62H37NO2S. The lowest BCUT2D eigenvalue weighted by Crippen LogP contribution is -2.32. The van der Waals surface area contributed by atoms with Crippen LogP contribution in [-0.2, 0) is 10.8 Å². The number of rotatable bonds is 3. The lowest BCUT2D eigenvalue weighted by Gasteiger charge is -2.40. The Hall–Kier alpha value is -8.18. The van der Waals surface area contributed by atoms with Crippen LogP contribution in [0.2, 0.25) is 0 Å². The Kier molecular flexibility index (Phi) is 7.24. The Balaban J connectivity index is 1.01. The average Bonchev–Trinajstić information content (AvgIpc) is 3.99. The molecule has 1 aromatic heterocycles. The summed E-state index contributed by atoms with van der Waals surface area (Å²) >= 11 is 1.85. The van der Waals surface area contributed by atoms with Gasteiger partial charge in [0, 0.05) is 59.5 Å². The average molecular weight is 860 g/mol. The van der Waals surface area contributed by atoms with Gasteiger partial charge in [-0.15, -0.1) is 11.3 Å². The summed E-state index contributed by atoms with van der Waals surface area (Å²) in [5, 5.41) is 2.54.